The fraction of sp³-hybridized carbons (Fsp3) is 0.857. The van der Waals surface area contributed by atoms with E-state index in [4.69, 9.17) is 4.74 Å². The van der Waals surface area contributed by atoms with Gasteiger partial charge >= 0.3 is 0 Å². The van der Waals surface area contributed by atoms with Gasteiger partial charge in [0.15, 0.2) is 0 Å². The first kappa shape index (κ1) is 15.4. The summed E-state index contributed by atoms with van der Waals surface area (Å²) in [5, 5.41) is 10.9. The Bertz CT molecular complexity index is 478. The Hall–Kier alpha value is -1.54. The molecule has 3 heterocycles. The second-order valence-electron chi connectivity index (χ2n) is 6.03. The van der Waals surface area contributed by atoms with E-state index in [1.165, 1.54) is 19.2 Å². The highest BCUT2D eigenvalue weighted by Gasteiger charge is 2.36. The minimum absolute atomic E-state index is 0.174. The first-order valence-corrected chi connectivity index (χ1v) is 8.10. The molecule has 0 spiro atoms. The molecule has 0 N–H and O–H groups in total. The summed E-state index contributed by atoms with van der Waals surface area (Å²) in [6.45, 7) is 6.85. The summed E-state index contributed by atoms with van der Waals surface area (Å²) in [7, 11) is 0. The van der Waals surface area contributed by atoms with Gasteiger partial charge < -0.3 is 9.64 Å². The molecular weight excluding hydrogens is 284 g/mol. The molecule has 0 aliphatic carbocycles. The topological polar surface area (TPSA) is 76.4 Å². The van der Waals surface area contributed by atoms with E-state index in [-0.39, 0.29) is 5.91 Å². The summed E-state index contributed by atoms with van der Waals surface area (Å²) >= 11 is 0. The molecule has 22 heavy (non-hydrogen) atoms. The largest absolute Gasteiger partial charge is 0.378 e. The summed E-state index contributed by atoms with van der Waals surface area (Å²) < 4.78 is 7.33. The third kappa shape index (κ3) is 3.44. The smallest absolute Gasteiger partial charge is 0.224 e. The molecular formula is C14H24N6O2. The molecule has 2 aliphatic heterocycles. The van der Waals surface area contributed by atoms with E-state index in [2.05, 4.69) is 27.3 Å². The van der Waals surface area contributed by atoms with Crippen LogP contribution in [0.5, 0.6) is 0 Å². The van der Waals surface area contributed by atoms with Gasteiger partial charge in [0.05, 0.1) is 25.8 Å². The number of ether oxygens (including phenoxy) is 1. The SMILES string of the molecule is CCC[C@H]1COC[C@H]2CN(C(=O)CCn3cnnn3)CCN12. The number of tetrazole rings is 1. The van der Waals surface area contributed by atoms with E-state index in [9.17, 15) is 4.79 Å². The van der Waals surface area contributed by atoms with Gasteiger partial charge in [-0.25, -0.2) is 4.68 Å². The normalized spacial score (nSPS) is 26.0. The molecule has 3 rings (SSSR count). The van der Waals surface area contributed by atoms with Gasteiger partial charge in [-0.05, 0) is 16.8 Å². The molecule has 8 nitrogen and oxygen atoms in total. The second kappa shape index (κ2) is 7.15. The van der Waals surface area contributed by atoms with Gasteiger partial charge in [0, 0.05) is 32.1 Å². The average Bonchev–Trinajstić information content (AvgIpc) is 3.06. The van der Waals surface area contributed by atoms with Crippen molar-refractivity contribution >= 4 is 5.91 Å². The Labute approximate surface area is 130 Å². The number of amides is 1. The highest BCUT2D eigenvalue weighted by atomic mass is 16.5. The maximum Gasteiger partial charge on any atom is 0.224 e. The first-order valence-electron chi connectivity index (χ1n) is 8.10. The molecule has 122 valence electrons. The number of piperazine rings is 1. The molecule has 0 unspecified atom stereocenters. The van der Waals surface area contributed by atoms with Crippen molar-refractivity contribution < 1.29 is 9.53 Å². The molecule has 1 aromatic rings. The Balaban J connectivity index is 1.51. The molecule has 2 aliphatic rings. The average molecular weight is 308 g/mol. The lowest BCUT2D eigenvalue weighted by Crippen LogP contribution is -2.62. The van der Waals surface area contributed by atoms with Crippen molar-refractivity contribution in [3.05, 3.63) is 6.33 Å². The van der Waals surface area contributed by atoms with Gasteiger partial charge in [-0.3, -0.25) is 9.69 Å². The molecule has 1 amide bonds. The Morgan fingerprint density at radius 2 is 2.27 bits per heavy atom. The van der Waals surface area contributed by atoms with Crippen molar-refractivity contribution in [2.45, 2.75) is 44.8 Å². The Morgan fingerprint density at radius 3 is 3.05 bits per heavy atom. The number of fused-ring (bicyclic) bond motifs is 1. The quantitative estimate of drug-likeness (QED) is 0.748. The molecule has 0 radical (unpaired) electrons. The van der Waals surface area contributed by atoms with Crippen LogP contribution in [0.4, 0.5) is 0 Å². The molecule has 2 atom stereocenters. The fourth-order valence-electron chi connectivity index (χ4n) is 3.39. The van der Waals surface area contributed by atoms with Gasteiger partial charge in [0.2, 0.25) is 5.91 Å². The van der Waals surface area contributed by atoms with Crippen LogP contribution in [-0.2, 0) is 16.1 Å². The molecule has 0 aromatic carbocycles. The van der Waals surface area contributed by atoms with Crippen molar-refractivity contribution in [1.29, 1.82) is 0 Å². The molecule has 1 aromatic heterocycles. The highest BCUT2D eigenvalue weighted by molar-refractivity contribution is 5.76. The van der Waals surface area contributed by atoms with Gasteiger partial charge in [0.25, 0.3) is 0 Å². The van der Waals surface area contributed by atoms with E-state index < -0.39 is 0 Å². The van der Waals surface area contributed by atoms with Crippen LogP contribution in [0.2, 0.25) is 0 Å². The lowest BCUT2D eigenvalue weighted by atomic mass is 10.0. The number of carbonyl (C=O) groups excluding carboxylic acids is 1. The summed E-state index contributed by atoms with van der Waals surface area (Å²) in [5.74, 6) is 0.174. The zero-order chi connectivity index (χ0) is 15.4. The van der Waals surface area contributed by atoms with E-state index in [1.807, 2.05) is 4.90 Å². The predicted octanol–water partition coefficient (Wildman–Crippen LogP) is -0.225. The van der Waals surface area contributed by atoms with Crippen molar-refractivity contribution in [2.75, 3.05) is 32.8 Å². The number of aromatic nitrogens is 4. The lowest BCUT2D eigenvalue weighted by Gasteiger charge is -2.48. The van der Waals surface area contributed by atoms with E-state index in [0.29, 0.717) is 25.0 Å². The number of hydrogen-bond acceptors (Lipinski definition) is 6. The monoisotopic (exact) mass is 308 g/mol. The number of nitrogens with zero attached hydrogens (tertiary/aromatic N) is 6. The van der Waals surface area contributed by atoms with Crippen molar-refractivity contribution in [3.8, 4) is 0 Å². The third-order valence-corrected chi connectivity index (χ3v) is 4.54. The van der Waals surface area contributed by atoms with Crippen LogP contribution in [0, 0.1) is 0 Å². The molecule has 0 bridgehead atoms. The standard InChI is InChI=1S/C14H24N6O2/c1-2-3-12-9-22-10-13-8-18(6-7-20(12)13)14(21)4-5-19-11-15-16-17-19/h11-13H,2-10H2,1H3/t12-,13+/m0/s1. The van der Waals surface area contributed by atoms with Crippen LogP contribution in [-0.4, -0.2) is 80.8 Å². The third-order valence-electron chi connectivity index (χ3n) is 4.54. The van der Waals surface area contributed by atoms with Crippen molar-refractivity contribution in [3.63, 3.8) is 0 Å². The maximum absolute atomic E-state index is 12.4. The summed E-state index contributed by atoms with van der Waals surface area (Å²) in [4.78, 5) is 16.9. The highest BCUT2D eigenvalue weighted by Crippen LogP contribution is 2.21. The number of hydrogen-bond donors (Lipinski definition) is 0. The van der Waals surface area contributed by atoms with Crippen LogP contribution in [0.3, 0.4) is 0 Å². The second-order valence-corrected chi connectivity index (χ2v) is 6.03. The predicted molar refractivity (Wildman–Crippen MR) is 79.0 cm³/mol. The lowest BCUT2D eigenvalue weighted by molar-refractivity contribution is -0.140. The molecule has 2 fully saturated rings. The van der Waals surface area contributed by atoms with Gasteiger partial charge in [0.1, 0.15) is 6.33 Å². The summed E-state index contributed by atoms with van der Waals surface area (Å²) in [6, 6.07) is 0.860. The number of aryl methyl sites for hydroxylation is 1. The van der Waals surface area contributed by atoms with E-state index in [1.54, 1.807) is 4.68 Å². The number of rotatable bonds is 5. The van der Waals surface area contributed by atoms with E-state index in [0.717, 1.165) is 32.8 Å². The number of carbonyl (C=O) groups is 1. The molecule has 2 saturated heterocycles. The first-order chi connectivity index (χ1) is 10.8. The Kier molecular flexibility index (Phi) is 4.99. The van der Waals surface area contributed by atoms with Crippen molar-refractivity contribution in [1.82, 2.24) is 30.0 Å². The minimum Gasteiger partial charge on any atom is -0.378 e. The molecule has 0 saturated carbocycles. The summed E-state index contributed by atoms with van der Waals surface area (Å²) in [5.41, 5.74) is 0. The fourth-order valence-corrected chi connectivity index (χ4v) is 3.39. The van der Waals surface area contributed by atoms with Crippen LogP contribution < -0.4 is 0 Å². The zero-order valence-electron chi connectivity index (χ0n) is 13.1. The van der Waals surface area contributed by atoms with E-state index >= 15 is 0 Å². The van der Waals surface area contributed by atoms with Crippen LogP contribution >= 0.6 is 0 Å². The molecule has 8 heteroatoms. The zero-order valence-corrected chi connectivity index (χ0v) is 13.1. The van der Waals surface area contributed by atoms with Crippen molar-refractivity contribution in [2.24, 2.45) is 0 Å². The van der Waals surface area contributed by atoms with Gasteiger partial charge in [-0.2, -0.15) is 0 Å². The van der Waals surface area contributed by atoms with Gasteiger partial charge in [-0.1, -0.05) is 13.3 Å². The maximum atomic E-state index is 12.4. The number of morpholine rings is 1. The van der Waals surface area contributed by atoms with Crippen LogP contribution in [0.1, 0.15) is 26.2 Å². The Morgan fingerprint density at radius 1 is 1.36 bits per heavy atom. The van der Waals surface area contributed by atoms with Crippen LogP contribution in [0.25, 0.3) is 0 Å². The van der Waals surface area contributed by atoms with Crippen LogP contribution in [0.15, 0.2) is 6.33 Å². The van der Waals surface area contributed by atoms with Gasteiger partial charge in [-0.15, -0.1) is 5.10 Å². The summed E-state index contributed by atoms with van der Waals surface area (Å²) in [6.07, 6.45) is 4.32. The minimum atomic E-state index is 0.174.